The van der Waals surface area contributed by atoms with Crippen molar-refractivity contribution in [3.63, 3.8) is 0 Å². The summed E-state index contributed by atoms with van der Waals surface area (Å²) in [6, 6.07) is 22.0. The fourth-order valence-corrected chi connectivity index (χ4v) is 1.84. The average molecular weight is 308 g/mol. The van der Waals surface area contributed by atoms with Crippen LogP contribution in [0.2, 0.25) is 0 Å². The zero-order valence-corrected chi connectivity index (χ0v) is 13.1. The van der Waals surface area contributed by atoms with Crippen LogP contribution >= 0.6 is 12.6 Å². The molecule has 0 saturated heterocycles. The lowest BCUT2D eigenvalue weighted by molar-refractivity contribution is 0.572. The Labute approximate surface area is 135 Å². The fourth-order valence-electron chi connectivity index (χ4n) is 1.84. The molecule has 0 saturated carbocycles. The van der Waals surface area contributed by atoms with Gasteiger partial charge in [0.1, 0.15) is 5.69 Å². The maximum atomic E-state index is 7.82. The highest BCUT2D eigenvalue weighted by Crippen LogP contribution is 2.30. The summed E-state index contributed by atoms with van der Waals surface area (Å²) in [5.41, 5.74) is 3.00. The van der Waals surface area contributed by atoms with Crippen molar-refractivity contribution in [2.75, 3.05) is 0 Å². The van der Waals surface area contributed by atoms with Crippen LogP contribution in [0, 0.1) is 11.3 Å². The Morgan fingerprint density at radius 2 is 1.50 bits per heavy atom. The molecule has 0 aliphatic carbocycles. The minimum Gasteiger partial charge on any atom is -0.443 e. The van der Waals surface area contributed by atoms with Crippen molar-refractivity contribution in [2.45, 2.75) is 12.2 Å². The molecule has 3 rings (SSSR count). The molecule has 0 spiro atoms. The lowest BCUT2D eigenvalue weighted by Crippen LogP contribution is -1.81. The molecule has 4 heteroatoms. The highest BCUT2D eigenvalue weighted by atomic mass is 32.1. The lowest BCUT2D eigenvalue weighted by Gasteiger charge is -2.00. The standard InChI is InChI=1S/C15H11NO.C3H5NS/c1-3-7-12(8-4-1)14-15(17-11-16-14)13-9-5-2-6-10-13;1-3(5)2-4/h1-11H;3,5H,1H3. The van der Waals surface area contributed by atoms with Crippen LogP contribution in [0.25, 0.3) is 22.6 Å². The van der Waals surface area contributed by atoms with Crippen LogP contribution in [0.1, 0.15) is 6.92 Å². The van der Waals surface area contributed by atoms with Gasteiger partial charge in [-0.3, -0.25) is 0 Å². The quantitative estimate of drug-likeness (QED) is 0.689. The molecule has 1 heterocycles. The van der Waals surface area contributed by atoms with Gasteiger partial charge in [-0.05, 0) is 6.92 Å². The maximum absolute atomic E-state index is 7.82. The number of nitriles is 1. The van der Waals surface area contributed by atoms with Gasteiger partial charge >= 0.3 is 0 Å². The highest BCUT2D eigenvalue weighted by Gasteiger charge is 2.11. The normalized spacial score (nSPS) is 11.0. The molecule has 3 nitrogen and oxygen atoms in total. The van der Waals surface area contributed by atoms with E-state index in [0.717, 1.165) is 22.6 Å². The molecule has 2 aromatic carbocycles. The van der Waals surface area contributed by atoms with Gasteiger partial charge in [-0.2, -0.15) is 17.9 Å². The number of rotatable bonds is 2. The summed E-state index contributed by atoms with van der Waals surface area (Å²) in [5, 5.41) is 7.70. The van der Waals surface area contributed by atoms with E-state index in [1.165, 1.54) is 6.39 Å². The molecule has 0 aliphatic rings. The summed E-state index contributed by atoms with van der Waals surface area (Å²) < 4.78 is 5.49. The first-order chi connectivity index (χ1) is 10.7. The highest BCUT2D eigenvalue weighted by molar-refractivity contribution is 7.81. The maximum Gasteiger partial charge on any atom is 0.182 e. The summed E-state index contributed by atoms with van der Waals surface area (Å²) in [4.78, 5) is 4.30. The third-order valence-electron chi connectivity index (χ3n) is 2.84. The second kappa shape index (κ2) is 8.06. The summed E-state index contributed by atoms with van der Waals surface area (Å²) in [6.07, 6.45) is 1.49. The van der Waals surface area contributed by atoms with Crippen molar-refractivity contribution >= 4 is 12.6 Å². The fraction of sp³-hybridized carbons (Fsp3) is 0.111. The van der Waals surface area contributed by atoms with Crippen LogP contribution in [-0.4, -0.2) is 10.2 Å². The summed E-state index contributed by atoms with van der Waals surface area (Å²) in [6.45, 7) is 1.73. The van der Waals surface area contributed by atoms with E-state index in [4.69, 9.17) is 9.68 Å². The van der Waals surface area contributed by atoms with Crippen LogP contribution in [0.15, 0.2) is 71.5 Å². The number of oxazole rings is 1. The van der Waals surface area contributed by atoms with Gasteiger partial charge in [0, 0.05) is 11.1 Å². The van der Waals surface area contributed by atoms with E-state index >= 15 is 0 Å². The van der Waals surface area contributed by atoms with Crippen molar-refractivity contribution in [1.29, 1.82) is 5.26 Å². The zero-order chi connectivity index (χ0) is 15.8. The minimum atomic E-state index is -0.116. The van der Waals surface area contributed by atoms with Gasteiger partial charge in [-0.25, -0.2) is 4.98 Å². The third-order valence-corrected chi connectivity index (χ3v) is 2.95. The Hall–Kier alpha value is -2.51. The first-order valence-electron chi connectivity index (χ1n) is 6.84. The van der Waals surface area contributed by atoms with Crippen molar-refractivity contribution in [3.05, 3.63) is 67.1 Å². The molecule has 0 amide bonds. The molecule has 0 fully saturated rings. The van der Waals surface area contributed by atoms with E-state index < -0.39 is 0 Å². The molecule has 1 unspecified atom stereocenters. The van der Waals surface area contributed by atoms with E-state index in [0.29, 0.717) is 0 Å². The number of nitrogens with zero attached hydrogens (tertiary/aromatic N) is 2. The molecular weight excluding hydrogens is 292 g/mol. The summed E-state index contributed by atoms with van der Waals surface area (Å²) in [7, 11) is 0. The Balaban J connectivity index is 0.000000309. The Kier molecular flexibility index (Phi) is 5.81. The topological polar surface area (TPSA) is 49.8 Å². The average Bonchev–Trinajstić information content (AvgIpc) is 3.06. The van der Waals surface area contributed by atoms with Gasteiger partial charge in [0.15, 0.2) is 12.2 Å². The van der Waals surface area contributed by atoms with Gasteiger partial charge in [0.05, 0.1) is 11.3 Å². The van der Waals surface area contributed by atoms with Crippen molar-refractivity contribution < 1.29 is 4.42 Å². The molecule has 0 aliphatic heterocycles. The lowest BCUT2D eigenvalue weighted by atomic mass is 10.1. The van der Waals surface area contributed by atoms with E-state index in [9.17, 15) is 0 Å². The van der Waals surface area contributed by atoms with Crippen LogP contribution in [-0.2, 0) is 0 Å². The minimum absolute atomic E-state index is 0.116. The third kappa shape index (κ3) is 4.24. The van der Waals surface area contributed by atoms with Crippen LogP contribution < -0.4 is 0 Å². The zero-order valence-electron chi connectivity index (χ0n) is 12.2. The molecule has 0 bridgehead atoms. The van der Waals surface area contributed by atoms with E-state index in [1.54, 1.807) is 6.92 Å². The molecule has 22 heavy (non-hydrogen) atoms. The SMILES string of the molecule is CC(S)C#N.c1ccc(-c2ncoc2-c2ccccc2)cc1. The monoisotopic (exact) mass is 308 g/mol. The molecule has 3 aromatic rings. The van der Waals surface area contributed by atoms with Gasteiger partial charge in [-0.1, -0.05) is 60.7 Å². The molecular formula is C18H16N2OS. The second-order valence-electron chi connectivity index (χ2n) is 4.57. The van der Waals surface area contributed by atoms with Crippen molar-refractivity contribution in [2.24, 2.45) is 0 Å². The van der Waals surface area contributed by atoms with Crippen LogP contribution in [0.3, 0.4) is 0 Å². The second-order valence-corrected chi connectivity index (χ2v) is 5.34. The number of hydrogen-bond donors (Lipinski definition) is 1. The van der Waals surface area contributed by atoms with E-state index in [-0.39, 0.29) is 5.25 Å². The molecule has 110 valence electrons. The Bertz CT molecular complexity index is 677. The first kappa shape index (κ1) is 15.9. The van der Waals surface area contributed by atoms with E-state index in [2.05, 4.69) is 17.6 Å². The van der Waals surface area contributed by atoms with Gasteiger partial charge in [-0.15, -0.1) is 0 Å². The van der Waals surface area contributed by atoms with Crippen molar-refractivity contribution in [3.8, 4) is 28.7 Å². The first-order valence-corrected chi connectivity index (χ1v) is 7.36. The Morgan fingerprint density at radius 3 is 2.00 bits per heavy atom. The van der Waals surface area contributed by atoms with Crippen LogP contribution in [0.5, 0.6) is 0 Å². The molecule has 1 atom stereocenters. The van der Waals surface area contributed by atoms with Gasteiger partial charge in [0.25, 0.3) is 0 Å². The van der Waals surface area contributed by atoms with Crippen molar-refractivity contribution in [1.82, 2.24) is 4.98 Å². The number of benzene rings is 2. The smallest absolute Gasteiger partial charge is 0.182 e. The number of thiol groups is 1. The van der Waals surface area contributed by atoms with Gasteiger partial charge < -0.3 is 4.42 Å². The predicted octanol–water partition coefficient (Wildman–Crippen LogP) is 4.84. The largest absolute Gasteiger partial charge is 0.443 e. The molecule has 1 aromatic heterocycles. The molecule has 0 radical (unpaired) electrons. The number of hydrogen-bond acceptors (Lipinski definition) is 4. The predicted molar refractivity (Wildman–Crippen MR) is 91.4 cm³/mol. The summed E-state index contributed by atoms with van der Waals surface area (Å²) >= 11 is 3.74. The molecule has 0 N–H and O–H groups in total. The summed E-state index contributed by atoms with van der Waals surface area (Å²) in [5.74, 6) is 0.816. The Morgan fingerprint density at radius 1 is 1.00 bits per heavy atom. The van der Waals surface area contributed by atoms with Gasteiger partial charge in [0.2, 0.25) is 0 Å². The van der Waals surface area contributed by atoms with E-state index in [1.807, 2.05) is 66.7 Å². The number of aromatic nitrogens is 1. The van der Waals surface area contributed by atoms with Crippen LogP contribution in [0.4, 0.5) is 0 Å².